The first kappa shape index (κ1) is 18.6. The number of aromatic nitrogens is 1. The highest BCUT2D eigenvalue weighted by molar-refractivity contribution is 6.03. The zero-order valence-corrected chi connectivity index (χ0v) is 16.0. The van der Waals surface area contributed by atoms with E-state index in [1.54, 1.807) is 12.3 Å². The van der Waals surface area contributed by atoms with Crippen molar-refractivity contribution in [3.05, 3.63) is 89.2 Å². The van der Waals surface area contributed by atoms with Gasteiger partial charge >= 0.3 is 0 Å². The first-order chi connectivity index (χ1) is 13.0. The smallest absolute Gasteiger partial charge is 0.274 e. The molecule has 0 bridgehead atoms. The second-order valence-electron chi connectivity index (χ2n) is 6.92. The lowest BCUT2D eigenvalue weighted by atomic mass is 9.98. The van der Waals surface area contributed by atoms with Crippen LogP contribution in [-0.2, 0) is 6.54 Å². The van der Waals surface area contributed by atoms with E-state index in [2.05, 4.69) is 47.7 Å². The van der Waals surface area contributed by atoms with Crippen LogP contribution in [0.1, 0.15) is 46.9 Å². The zero-order chi connectivity index (χ0) is 19.2. The summed E-state index contributed by atoms with van der Waals surface area (Å²) in [7, 11) is 0. The highest BCUT2D eigenvalue weighted by Gasteiger charge is 2.14. The van der Waals surface area contributed by atoms with E-state index in [1.165, 1.54) is 5.56 Å². The number of hydrogen-bond donors (Lipinski definition) is 2. The molecule has 27 heavy (non-hydrogen) atoms. The Morgan fingerprint density at radius 3 is 2.44 bits per heavy atom. The van der Waals surface area contributed by atoms with E-state index < -0.39 is 0 Å². The van der Waals surface area contributed by atoms with Gasteiger partial charge in [0.15, 0.2) is 0 Å². The minimum atomic E-state index is -0.194. The van der Waals surface area contributed by atoms with Gasteiger partial charge < -0.3 is 10.6 Å². The quantitative estimate of drug-likeness (QED) is 0.621. The standard InChI is InChI=1S/C23H25N3O/c1-16(2)20-11-7-8-17(3)22(20)26-23(27)21-13-12-19(15-25-21)24-14-18-9-5-4-6-10-18/h4-13,15-16,24H,14H2,1-3H3,(H,26,27). The summed E-state index contributed by atoms with van der Waals surface area (Å²) in [4.78, 5) is 17.0. The number of amides is 1. The van der Waals surface area contributed by atoms with Crippen molar-refractivity contribution in [2.75, 3.05) is 10.6 Å². The lowest BCUT2D eigenvalue weighted by Crippen LogP contribution is -2.16. The van der Waals surface area contributed by atoms with Crippen LogP contribution in [0, 0.1) is 6.92 Å². The fourth-order valence-electron chi connectivity index (χ4n) is 2.95. The van der Waals surface area contributed by atoms with Crippen LogP contribution in [0.25, 0.3) is 0 Å². The molecule has 2 N–H and O–H groups in total. The number of carbonyl (C=O) groups is 1. The molecule has 0 aliphatic carbocycles. The fourth-order valence-corrected chi connectivity index (χ4v) is 2.95. The number of anilines is 2. The third-order valence-corrected chi connectivity index (χ3v) is 4.50. The van der Waals surface area contributed by atoms with Crippen molar-refractivity contribution in [2.24, 2.45) is 0 Å². The number of hydrogen-bond acceptors (Lipinski definition) is 3. The van der Waals surface area contributed by atoms with Crippen LogP contribution in [0.15, 0.2) is 66.9 Å². The Hall–Kier alpha value is -3.14. The van der Waals surface area contributed by atoms with Gasteiger partial charge in [-0.25, -0.2) is 4.98 Å². The highest BCUT2D eigenvalue weighted by Crippen LogP contribution is 2.27. The molecule has 0 atom stereocenters. The number of nitrogens with zero attached hydrogens (tertiary/aromatic N) is 1. The predicted molar refractivity (Wildman–Crippen MR) is 111 cm³/mol. The third kappa shape index (κ3) is 4.73. The SMILES string of the molecule is Cc1cccc(C(C)C)c1NC(=O)c1ccc(NCc2ccccc2)cn1. The highest BCUT2D eigenvalue weighted by atomic mass is 16.1. The lowest BCUT2D eigenvalue weighted by Gasteiger charge is -2.16. The molecule has 3 rings (SSSR count). The van der Waals surface area contributed by atoms with Crippen molar-refractivity contribution in [3.8, 4) is 0 Å². The minimum Gasteiger partial charge on any atom is -0.380 e. The fraction of sp³-hybridized carbons (Fsp3) is 0.217. The molecule has 3 aromatic rings. The van der Waals surface area contributed by atoms with Crippen molar-refractivity contribution in [1.82, 2.24) is 4.98 Å². The van der Waals surface area contributed by atoms with Crippen LogP contribution in [0.4, 0.5) is 11.4 Å². The van der Waals surface area contributed by atoms with Gasteiger partial charge in [0.25, 0.3) is 5.91 Å². The summed E-state index contributed by atoms with van der Waals surface area (Å²) in [6.45, 7) is 6.96. The maximum absolute atomic E-state index is 12.6. The number of benzene rings is 2. The molecule has 1 aromatic heterocycles. The minimum absolute atomic E-state index is 0.194. The summed E-state index contributed by atoms with van der Waals surface area (Å²) in [5.74, 6) is 0.138. The van der Waals surface area contributed by atoms with E-state index in [4.69, 9.17) is 0 Å². The molecule has 0 saturated carbocycles. The summed E-state index contributed by atoms with van der Waals surface area (Å²) < 4.78 is 0. The molecule has 0 aliphatic heterocycles. The molecule has 138 valence electrons. The summed E-state index contributed by atoms with van der Waals surface area (Å²) >= 11 is 0. The number of carbonyl (C=O) groups excluding carboxylic acids is 1. The maximum atomic E-state index is 12.6. The lowest BCUT2D eigenvalue weighted by molar-refractivity contribution is 0.102. The Morgan fingerprint density at radius 2 is 1.78 bits per heavy atom. The summed E-state index contributed by atoms with van der Waals surface area (Å²) in [6, 6.07) is 19.9. The molecular weight excluding hydrogens is 334 g/mol. The average Bonchev–Trinajstić information content (AvgIpc) is 2.69. The second kappa shape index (κ2) is 8.49. The van der Waals surface area contributed by atoms with Gasteiger partial charge in [-0.3, -0.25) is 4.79 Å². The van der Waals surface area contributed by atoms with Gasteiger partial charge in [0.2, 0.25) is 0 Å². The third-order valence-electron chi connectivity index (χ3n) is 4.50. The predicted octanol–water partition coefficient (Wildman–Crippen LogP) is 5.38. The Balaban J connectivity index is 1.68. The summed E-state index contributed by atoms with van der Waals surface area (Å²) in [6.07, 6.45) is 1.69. The molecule has 0 spiro atoms. The van der Waals surface area contributed by atoms with Crippen molar-refractivity contribution in [1.29, 1.82) is 0 Å². The second-order valence-corrected chi connectivity index (χ2v) is 6.92. The summed E-state index contributed by atoms with van der Waals surface area (Å²) in [5, 5.41) is 6.35. The van der Waals surface area contributed by atoms with Crippen LogP contribution >= 0.6 is 0 Å². The van der Waals surface area contributed by atoms with Gasteiger partial charge in [-0.2, -0.15) is 0 Å². The zero-order valence-electron chi connectivity index (χ0n) is 16.0. The van der Waals surface area contributed by atoms with Crippen LogP contribution in [0.2, 0.25) is 0 Å². The molecule has 1 amide bonds. The van der Waals surface area contributed by atoms with Crippen LogP contribution in [0.5, 0.6) is 0 Å². The first-order valence-corrected chi connectivity index (χ1v) is 9.19. The topological polar surface area (TPSA) is 54.0 Å². The van der Waals surface area contributed by atoms with Gasteiger partial charge in [-0.15, -0.1) is 0 Å². The van der Waals surface area contributed by atoms with Gasteiger partial charge in [0, 0.05) is 12.2 Å². The Kier molecular flexibility index (Phi) is 5.87. The number of rotatable bonds is 6. The van der Waals surface area contributed by atoms with Crippen LogP contribution in [-0.4, -0.2) is 10.9 Å². The van der Waals surface area contributed by atoms with E-state index in [0.29, 0.717) is 11.6 Å². The van der Waals surface area contributed by atoms with Gasteiger partial charge in [0.05, 0.1) is 11.9 Å². The van der Waals surface area contributed by atoms with Gasteiger partial charge in [-0.1, -0.05) is 62.4 Å². The molecule has 4 heteroatoms. The number of para-hydroxylation sites is 1. The molecule has 4 nitrogen and oxygen atoms in total. The van der Waals surface area contributed by atoms with E-state index in [1.807, 2.05) is 43.3 Å². The first-order valence-electron chi connectivity index (χ1n) is 9.19. The number of nitrogens with one attached hydrogen (secondary N) is 2. The Morgan fingerprint density at radius 1 is 1.00 bits per heavy atom. The van der Waals surface area contributed by atoms with Crippen molar-refractivity contribution in [3.63, 3.8) is 0 Å². The average molecular weight is 359 g/mol. The summed E-state index contributed by atoms with van der Waals surface area (Å²) in [5.41, 5.74) is 5.54. The largest absolute Gasteiger partial charge is 0.380 e. The van der Waals surface area contributed by atoms with Crippen molar-refractivity contribution in [2.45, 2.75) is 33.2 Å². The molecule has 0 fully saturated rings. The van der Waals surface area contributed by atoms with E-state index in [9.17, 15) is 4.79 Å². The van der Waals surface area contributed by atoms with Crippen molar-refractivity contribution >= 4 is 17.3 Å². The Bertz CT molecular complexity index is 903. The van der Waals surface area contributed by atoms with Crippen molar-refractivity contribution < 1.29 is 4.79 Å². The van der Waals surface area contributed by atoms with E-state index >= 15 is 0 Å². The van der Waals surface area contributed by atoms with Gasteiger partial charge in [0.1, 0.15) is 5.69 Å². The molecular formula is C23H25N3O. The molecule has 0 unspecified atom stereocenters. The molecule has 2 aromatic carbocycles. The Labute approximate surface area is 160 Å². The monoisotopic (exact) mass is 359 g/mol. The molecule has 1 heterocycles. The number of aryl methyl sites for hydroxylation is 1. The van der Waals surface area contributed by atoms with E-state index in [0.717, 1.165) is 29.0 Å². The molecule has 0 saturated heterocycles. The molecule has 0 radical (unpaired) electrons. The van der Waals surface area contributed by atoms with E-state index in [-0.39, 0.29) is 5.91 Å². The van der Waals surface area contributed by atoms with Crippen LogP contribution < -0.4 is 10.6 Å². The maximum Gasteiger partial charge on any atom is 0.274 e. The number of pyridine rings is 1. The molecule has 0 aliphatic rings. The normalized spacial score (nSPS) is 10.7. The van der Waals surface area contributed by atoms with Gasteiger partial charge in [-0.05, 0) is 41.7 Å². The van der Waals surface area contributed by atoms with Crippen LogP contribution in [0.3, 0.4) is 0 Å².